The van der Waals surface area contributed by atoms with Gasteiger partial charge in [-0.25, -0.2) is 9.67 Å². The summed E-state index contributed by atoms with van der Waals surface area (Å²) in [5.41, 5.74) is 2.26. The van der Waals surface area contributed by atoms with Gasteiger partial charge in [0, 0.05) is 23.2 Å². The molecule has 30 heavy (non-hydrogen) atoms. The van der Waals surface area contributed by atoms with Crippen LogP contribution in [0.4, 0.5) is 10.8 Å². The third-order valence-corrected chi connectivity index (χ3v) is 6.74. The van der Waals surface area contributed by atoms with Gasteiger partial charge in [-0.1, -0.05) is 18.2 Å². The number of thiazole rings is 1. The molecule has 2 amide bonds. The van der Waals surface area contributed by atoms with Crippen molar-refractivity contribution >= 4 is 45.7 Å². The van der Waals surface area contributed by atoms with Crippen molar-refractivity contribution in [2.24, 2.45) is 7.05 Å². The lowest BCUT2D eigenvalue weighted by molar-refractivity contribution is -0.113. The first kappa shape index (κ1) is 20.5. The van der Waals surface area contributed by atoms with Gasteiger partial charge in [0.1, 0.15) is 0 Å². The maximum absolute atomic E-state index is 12.5. The number of nitrogens with one attached hydrogen (secondary N) is 2. The van der Waals surface area contributed by atoms with E-state index in [1.54, 1.807) is 42.6 Å². The van der Waals surface area contributed by atoms with Crippen LogP contribution in [0.1, 0.15) is 40.2 Å². The van der Waals surface area contributed by atoms with Crippen molar-refractivity contribution in [3.05, 3.63) is 40.4 Å². The fraction of sp³-hybridized carbons (Fsp3) is 0.368. The first-order valence-electron chi connectivity index (χ1n) is 9.63. The first-order valence-corrected chi connectivity index (χ1v) is 11.4. The number of aryl methyl sites for hydroxylation is 3. The van der Waals surface area contributed by atoms with Crippen molar-refractivity contribution in [1.82, 2.24) is 25.2 Å². The molecule has 11 heteroatoms. The summed E-state index contributed by atoms with van der Waals surface area (Å²) in [5, 5.41) is 18.0. The summed E-state index contributed by atoms with van der Waals surface area (Å²) in [4.78, 5) is 30.5. The number of carbonyl (C=O) groups is 2. The maximum atomic E-state index is 12.5. The Kier molecular flexibility index (Phi) is 6.38. The number of hydrogen-bond acceptors (Lipinski definition) is 8. The molecule has 2 heterocycles. The number of tetrazole rings is 1. The number of aromatic nitrogens is 5. The number of nitrogens with zero attached hydrogens (tertiary/aromatic N) is 5. The van der Waals surface area contributed by atoms with E-state index < -0.39 is 0 Å². The van der Waals surface area contributed by atoms with Crippen LogP contribution in [-0.2, 0) is 24.7 Å². The molecule has 0 unspecified atom stereocenters. The number of amides is 2. The fourth-order valence-electron chi connectivity index (χ4n) is 3.13. The molecule has 0 fully saturated rings. The smallest absolute Gasteiger partial charge is 0.257 e. The van der Waals surface area contributed by atoms with Gasteiger partial charge < -0.3 is 5.32 Å². The molecule has 0 atom stereocenters. The number of thioether (sulfide) groups is 1. The maximum Gasteiger partial charge on any atom is 0.257 e. The Morgan fingerprint density at radius 2 is 1.93 bits per heavy atom. The highest BCUT2D eigenvalue weighted by atomic mass is 32.2. The standard InChI is InChI=1S/C19H21N7O2S2/c1-26-19(23-24-25-26)29-11-16(27)20-13-9-7-12(8-10-13)17(28)22-18-21-14-5-3-2-4-6-15(14)30-18/h7-10H,2-6,11H2,1H3,(H,20,27)(H,21,22,28). The van der Waals surface area contributed by atoms with E-state index in [1.807, 2.05) is 0 Å². The Balaban J connectivity index is 1.31. The van der Waals surface area contributed by atoms with Crippen LogP contribution >= 0.6 is 23.1 Å². The number of hydrogen-bond donors (Lipinski definition) is 2. The Morgan fingerprint density at radius 1 is 1.13 bits per heavy atom. The fourth-order valence-corrected chi connectivity index (χ4v) is 4.82. The van der Waals surface area contributed by atoms with Gasteiger partial charge in [-0.05, 0) is 60.4 Å². The highest BCUT2D eigenvalue weighted by molar-refractivity contribution is 7.99. The number of rotatable bonds is 6. The van der Waals surface area contributed by atoms with Gasteiger partial charge in [-0.15, -0.1) is 16.4 Å². The number of fused-ring (bicyclic) bond motifs is 1. The van der Waals surface area contributed by atoms with Crippen molar-refractivity contribution in [1.29, 1.82) is 0 Å². The van der Waals surface area contributed by atoms with Crippen molar-refractivity contribution in [3.8, 4) is 0 Å². The van der Waals surface area contributed by atoms with Crippen LogP contribution in [0.2, 0.25) is 0 Å². The molecule has 0 aliphatic heterocycles. The molecule has 0 spiro atoms. The number of benzene rings is 1. The molecule has 1 aromatic carbocycles. The average Bonchev–Trinajstić information content (AvgIpc) is 3.25. The molecular weight excluding hydrogens is 422 g/mol. The molecule has 0 radical (unpaired) electrons. The van der Waals surface area contributed by atoms with E-state index in [9.17, 15) is 9.59 Å². The summed E-state index contributed by atoms with van der Waals surface area (Å²) in [5.74, 6) is -0.197. The van der Waals surface area contributed by atoms with Gasteiger partial charge in [0.05, 0.1) is 11.4 Å². The van der Waals surface area contributed by atoms with E-state index >= 15 is 0 Å². The minimum absolute atomic E-state index is 0.176. The van der Waals surface area contributed by atoms with Crippen LogP contribution in [-0.4, -0.2) is 42.8 Å². The van der Waals surface area contributed by atoms with Crippen molar-refractivity contribution < 1.29 is 9.59 Å². The van der Waals surface area contributed by atoms with E-state index in [0.717, 1.165) is 25.0 Å². The number of carbonyl (C=O) groups excluding carboxylic acids is 2. The number of anilines is 2. The summed E-state index contributed by atoms with van der Waals surface area (Å²) in [6.45, 7) is 0. The molecule has 3 aromatic rings. The lowest BCUT2D eigenvalue weighted by atomic mass is 10.2. The van der Waals surface area contributed by atoms with Crippen LogP contribution in [0.25, 0.3) is 0 Å². The molecule has 0 saturated carbocycles. The Hall–Kier alpha value is -2.79. The molecule has 2 aromatic heterocycles. The molecule has 4 rings (SSSR count). The molecule has 0 bridgehead atoms. The second-order valence-corrected chi connectivity index (χ2v) is 8.93. The lowest BCUT2D eigenvalue weighted by Crippen LogP contribution is -2.15. The van der Waals surface area contributed by atoms with Gasteiger partial charge in [0.2, 0.25) is 11.1 Å². The van der Waals surface area contributed by atoms with E-state index in [-0.39, 0.29) is 17.6 Å². The van der Waals surface area contributed by atoms with Crippen LogP contribution in [0.5, 0.6) is 0 Å². The van der Waals surface area contributed by atoms with Gasteiger partial charge >= 0.3 is 0 Å². The second-order valence-electron chi connectivity index (χ2n) is 6.90. The zero-order chi connectivity index (χ0) is 20.9. The van der Waals surface area contributed by atoms with Gasteiger partial charge in [0.15, 0.2) is 5.13 Å². The normalized spacial score (nSPS) is 13.4. The summed E-state index contributed by atoms with van der Waals surface area (Å²) in [7, 11) is 1.71. The Labute approximate surface area is 181 Å². The minimum Gasteiger partial charge on any atom is -0.325 e. The monoisotopic (exact) mass is 443 g/mol. The third kappa shape index (κ3) is 5.03. The minimum atomic E-state index is -0.206. The molecule has 9 nitrogen and oxygen atoms in total. The average molecular weight is 444 g/mol. The summed E-state index contributed by atoms with van der Waals surface area (Å²) < 4.78 is 1.51. The second kappa shape index (κ2) is 9.35. The van der Waals surface area contributed by atoms with Gasteiger partial charge in [-0.3, -0.25) is 14.9 Å². The quantitative estimate of drug-likeness (QED) is 0.445. The van der Waals surface area contributed by atoms with Gasteiger partial charge in [0.25, 0.3) is 5.91 Å². The highest BCUT2D eigenvalue weighted by Gasteiger charge is 2.16. The van der Waals surface area contributed by atoms with Crippen LogP contribution in [0, 0.1) is 0 Å². The Bertz CT molecular complexity index is 1020. The first-order chi connectivity index (χ1) is 14.6. The Morgan fingerprint density at radius 3 is 2.70 bits per heavy atom. The molecule has 156 valence electrons. The summed E-state index contributed by atoms with van der Waals surface area (Å²) >= 11 is 2.82. The van der Waals surface area contributed by atoms with Crippen LogP contribution in [0.15, 0.2) is 29.4 Å². The molecule has 1 aliphatic rings. The molecule has 1 aliphatic carbocycles. The third-order valence-electron chi connectivity index (χ3n) is 4.66. The zero-order valence-corrected chi connectivity index (χ0v) is 18.1. The van der Waals surface area contributed by atoms with Crippen LogP contribution in [0.3, 0.4) is 0 Å². The predicted octanol–water partition coefficient (Wildman–Crippen LogP) is 2.92. The topological polar surface area (TPSA) is 115 Å². The van der Waals surface area contributed by atoms with E-state index in [1.165, 1.54) is 34.2 Å². The molecule has 0 saturated heterocycles. The van der Waals surface area contributed by atoms with Crippen molar-refractivity contribution in [2.75, 3.05) is 16.4 Å². The van der Waals surface area contributed by atoms with Crippen molar-refractivity contribution in [3.63, 3.8) is 0 Å². The SMILES string of the molecule is Cn1nnnc1SCC(=O)Nc1ccc(C(=O)Nc2nc3c(s2)CCCCC3)cc1. The molecule has 2 N–H and O–H groups in total. The largest absolute Gasteiger partial charge is 0.325 e. The zero-order valence-electron chi connectivity index (χ0n) is 16.4. The predicted molar refractivity (Wildman–Crippen MR) is 116 cm³/mol. The van der Waals surface area contributed by atoms with Crippen LogP contribution < -0.4 is 10.6 Å². The van der Waals surface area contributed by atoms with E-state index in [0.29, 0.717) is 21.5 Å². The summed E-state index contributed by atoms with van der Waals surface area (Å²) in [6, 6.07) is 6.78. The molecular formula is C19H21N7O2S2. The van der Waals surface area contributed by atoms with Crippen molar-refractivity contribution in [2.45, 2.75) is 37.3 Å². The van der Waals surface area contributed by atoms with E-state index in [2.05, 4.69) is 31.1 Å². The van der Waals surface area contributed by atoms with Gasteiger partial charge in [-0.2, -0.15) is 0 Å². The summed E-state index contributed by atoms with van der Waals surface area (Å²) in [6.07, 6.45) is 5.61. The van der Waals surface area contributed by atoms with E-state index in [4.69, 9.17) is 0 Å². The highest BCUT2D eigenvalue weighted by Crippen LogP contribution is 2.29. The lowest BCUT2D eigenvalue weighted by Gasteiger charge is -2.06.